The van der Waals surface area contributed by atoms with Crippen LogP contribution in [0.25, 0.3) is 6.08 Å². The van der Waals surface area contributed by atoms with E-state index in [0.29, 0.717) is 0 Å². The maximum atomic E-state index is 10.5. The van der Waals surface area contributed by atoms with E-state index in [1.54, 1.807) is 7.11 Å². The van der Waals surface area contributed by atoms with Crippen LogP contribution in [-0.2, 0) is 0 Å². The summed E-state index contributed by atoms with van der Waals surface area (Å²) in [5.41, 5.74) is 3.18. The van der Waals surface area contributed by atoms with E-state index in [4.69, 9.17) is 4.74 Å². The van der Waals surface area contributed by atoms with Crippen LogP contribution in [-0.4, -0.2) is 12.2 Å². The number of aliphatic hydroxyl groups excluding tert-OH is 1. The number of hydrogen-bond acceptors (Lipinski definition) is 2. The van der Waals surface area contributed by atoms with Crippen LogP contribution in [0.15, 0.2) is 54.6 Å². The van der Waals surface area contributed by atoms with Crippen LogP contribution >= 0.6 is 0 Å². The van der Waals surface area contributed by atoms with Gasteiger partial charge < -0.3 is 9.84 Å². The first-order valence-corrected chi connectivity index (χ1v) is 6.39. The number of methoxy groups -OCH3 is 1. The van der Waals surface area contributed by atoms with Gasteiger partial charge in [0.25, 0.3) is 0 Å². The van der Waals surface area contributed by atoms with Crippen molar-refractivity contribution in [3.05, 3.63) is 71.3 Å². The summed E-state index contributed by atoms with van der Waals surface area (Å²) in [4.78, 5) is 0. The summed E-state index contributed by atoms with van der Waals surface area (Å²) in [6, 6.07) is 15.8. The Balaban J connectivity index is 1.95. The third-order valence-electron chi connectivity index (χ3n) is 3.64. The highest BCUT2D eigenvalue weighted by Gasteiger charge is 2.25. The van der Waals surface area contributed by atoms with Crippen LogP contribution in [0.3, 0.4) is 0 Å². The highest BCUT2D eigenvalue weighted by Crippen LogP contribution is 2.38. The van der Waals surface area contributed by atoms with Crippen molar-refractivity contribution in [2.24, 2.45) is 0 Å². The largest absolute Gasteiger partial charge is 0.497 e. The monoisotopic (exact) mass is 252 g/mol. The van der Waals surface area contributed by atoms with Crippen LogP contribution < -0.4 is 4.74 Å². The lowest BCUT2D eigenvalue weighted by Crippen LogP contribution is -2.13. The standard InChI is InChI=1S/C17H16O2/c1-19-14-9-6-13(7-10-14)16-11-8-12-4-2-3-5-15(12)17(16)18/h2-11,16-18H,1H3. The highest BCUT2D eigenvalue weighted by molar-refractivity contribution is 5.60. The first-order valence-electron chi connectivity index (χ1n) is 6.39. The molecule has 3 rings (SSSR count). The SMILES string of the molecule is COc1ccc(C2C=Cc3ccccc3C2O)cc1. The molecule has 1 aliphatic rings. The van der Waals surface area contributed by atoms with E-state index in [1.165, 1.54) is 0 Å². The van der Waals surface area contributed by atoms with Crippen LogP contribution in [0.2, 0.25) is 0 Å². The molecule has 19 heavy (non-hydrogen) atoms. The molecule has 1 aliphatic carbocycles. The first-order chi connectivity index (χ1) is 9.29. The summed E-state index contributed by atoms with van der Waals surface area (Å²) in [6.45, 7) is 0. The predicted octanol–water partition coefficient (Wildman–Crippen LogP) is 3.54. The molecule has 0 aliphatic heterocycles. The minimum absolute atomic E-state index is 0.000746. The molecule has 0 saturated carbocycles. The maximum Gasteiger partial charge on any atom is 0.118 e. The van der Waals surface area contributed by atoms with Gasteiger partial charge >= 0.3 is 0 Å². The van der Waals surface area contributed by atoms with Crippen molar-refractivity contribution in [1.82, 2.24) is 0 Å². The molecular formula is C17H16O2. The average Bonchev–Trinajstić information content (AvgIpc) is 2.48. The van der Waals surface area contributed by atoms with Gasteiger partial charge in [0.15, 0.2) is 0 Å². The Labute approximate surface area is 113 Å². The van der Waals surface area contributed by atoms with Gasteiger partial charge in [-0.3, -0.25) is 0 Å². The summed E-state index contributed by atoms with van der Waals surface area (Å²) >= 11 is 0. The number of benzene rings is 2. The topological polar surface area (TPSA) is 29.5 Å². The minimum atomic E-state index is -0.491. The number of fused-ring (bicyclic) bond motifs is 1. The second-order valence-corrected chi connectivity index (χ2v) is 4.73. The molecule has 1 N–H and O–H groups in total. The molecule has 2 unspecified atom stereocenters. The summed E-state index contributed by atoms with van der Waals surface area (Å²) < 4.78 is 5.16. The maximum absolute atomic E-state index is 10.5. The highest BCUT2D eigenvalue weighted by atomic mass is 16.5. The molecule has 96 valence electrons. The van der Waals surface area contributed by atoms with E-state index in [2.05, 4.69) is 12.2 Å². The van der Waals surface area contributed by atoms with Crippen LogP contribution in [0, 0.1) is 0 Å². The zero-order chi connectivity index (χ0) is 13.2. The van der Waals surface area contributed by atoms with E-state index >= 15 is 0 Å². The molecule has 2 aromatic rings. The summed E-state index contributed by atoms with van der Waals surface area (Å²) in [6.07, 6.45) is 3.65. The third-order valence-corrected chi connectivity index (χ3v) is 3.64. The van der Waals surface area contributed by atoms with Crippen molar-refractivity contribution in [2.75, 3.05) is 7.11 Å². The molecule has 0 aromatic heterocycles. The molecule has 2 heteroatoms. The molecule has 2 atom stereocenters. The molecule has 2 nitrogen and oxygen atoms in total. The van der Waals surface area contributed by atoms with Gasteiger partial charge in [-0.15, -0.1) is 0 Å². The summed E-state index contributed by atoms with van der Waals surface area (Å²) in [7, 11) is 1.65. The second kappa shape index (κ2) is 4.90. The van der Waals surface area contributed by atoms with Crippen molar-refractivity contribution in [3.8, 4) is 5.75 Å². The molecule has 0 spiro atoms. The lowest BCUT2D eigenvalue weighted by molar-refractivity contribution is 0.160. The Morgan fingerprint density at radius 2 is 1.74 bits per heavy atom. The Kier molecular flexibility index (Phi) is 3.10. The van der Waals surface area contributed by atoms with Gasteiger partial charge in [0.2, 0.25) is 0 Å². The fourth-order valence-electron chi connectivity index (χ4n) is 2.56. The molecule has 2 aromatic carbocycles. The smallest absolute Gasteiger partial charge is 0.118 e. The van der Waals surface area contributed by atoms with Crippen molar-refractivity contribution >= 4 is 6.08 Å². The quantitative estimate of drug-likeness (QED) is 0.885. The van der Waals surface area contributed by atoms with Gasteiger partial charge in [0.1, 0.15) is 5.75 Å². The van der Waals surface area contributed by atoms with E-state index in [9.17, 15) is 5.11 Å². The molecule has 0 fully saturated rings. The Morgan fingerprint density at radius 3 is 2.47 bits per heavy atom. The lowest BCUT2D eigenvalue weighted by atomic mass is 9.83. The van der Waals surface area contributed by atoms with E-state index in [1.807, 2.05) is 48.5 Å². The van der Waals surface area contributed by atoms with Gasteiger partial charge in [-0.1, -0.05) is 48.6 Å². The van der Waals surface area contributed by atoms with Gasteiger partial charge in [0.05, 0.1) is 13.2 Å². The van der Waals surface area contributed by atoms with Crippen LogP contribution in [0.4, 0.5) is 0 Å². The average molecular weight is 252 g/mol. The Morgan fingerprint density at radius 1 is 1.00 bits per heavy atom. The molecule has 0 saturated heterocycles. The fraction of sp³-hybridized carbons (Fsp3) is 0.176. The molecule has 0 amide bonds. The Bertz CT molecular complexity index is 599. The number of hydrogen-bond donors (Lipinski definition) is 1. The van der Waals surface area contributed by atoms with E-state index in [-0.39, 0.29) is 5.92 Å². The van der Waals surface area contributed by atoms with Crippen molar-refractivity contribution in [1.29, 1.82) is 0 Å². The van der Waals surface area contributed by atoms with E-state index < -0.39 is 6.10 Å². The summed E-state index contributed by atoms with van der Waals surface area (Å²) in [5.74, 6) is 0.833. The fourth-order valence-corrected chi connectivity index (χ4v) is 2.56. The van der Waals surface area contributed by atoms with Crippen LogP contribution in [0.1, 0.15) is 28.7 Å². The second-order valence-electron chi connectivity index (χ2n) is 4.73. The zero-order valence-corrected chi connectivity index (χ0v) is 10.8. The van der Waals surface area contributed by atoms with Gasteiger partial charge in [-0.2, -0.15) is 0 Å². The minimum Gasteiger partial charge on any atom is -0.497 e. The normalized spacial score (nSPS) is 20.9. The third kappa shape index (κ3) is 2.15. The predicted molar refractivity (Wildman–Crippen MR) is 76.2 cm³/mol. The van der Waals surface area contributed by atoms with Gasteiger partial charge in [0, 0.05) is 5.92 Å². The lowest BCUT2D eigenvalue weighted by Gasteiger charge is -2.26. The summed E-state index contributed by atoms with van der Waals surface area (Å²) in [5, 5.41) is 10.5. The molecule has 0 bridgehead atoms. The Hall–Kier alpha value is -2.06. The van der Waals surface area contributed by atoms with Gasteiger partial charge in [-0.25, -0.2) is 0 Å². The molecular weight excluding hydrogens is 236 g/mol. The van der Waals surface area contributed by atoms with Crippen molar-refractivity contribution < 1.29 is 9.84 Å². The van der Waals surface area contributed by atoms with Crippen LogP contribution in [0.5, 0.6) is 5.75 Å². The van der Waals surface area contributed by atoms with Crippen molar-refractivity contribution in [3.63, 3.8) is 0 Å². The molecule has 0 heterocycles. The number of ether oxygens (including phenoxy) is 1. The number of rotatable bonds is 2. The first kappa shape index (κ1) is 12.0. The van der Waals surface area contributed by atoms with Gasteiger partial charge in [-0.05, 0) is 28.8 Å². The number of aliphatic hydroxyl groups is 1. The van der Waals surface area contributed by atoms with Crippen molar-refractivity contribution in [2.45, 2.75) is 12.0 Å². The van der Waals surface area contributed by atoms with E-state index in [0.717, 1.165) is 22.4 Å². The molecule has 0 radical (unpaired) electrons. The zero-order valence-electron chi connectivity index (χ0n) is 10.8.